The molecule has 0 aromatic rings. The summed E-state index contributed by atoms with van der Waals surface area (Å²) in [6, 6.07) is 0.692. The molecule has 0 amide bonds. The van der Waals surface area contributed by atoms with Crippen molar-refractivity contribution in [2.45, 2.75) is 58.4 Å². The fourth-order valence-electron chi connectivity index (χ4n) is 2.80. The molecule has 0 bridgehead atoms. The van der Waals surface area contributed by atoms with Gasteiger partial charge in [0.25, 0.3) is 0 Å². The van der Waals surface area contributed by atoms with Crippen molar-refractivity contribution in [2.24, 2.45) is 10.8 Å². The Morgan fingerprint density at radius 1 is 1.27 bits per heavy atom. The van der Waals surface area contributed by atoms with E-state index in [2.05, 4.69) is 19.2 Å². The molecule has 2 saturated carbocycles. The summed E-state index contributed by atoms with van der Waals surface area (Å²) < 4.78 is 0. The molecule has 2 fully saturated rings. The maximum absolute atomic E-state index is 9.25. The van der Waals surface area contributed by atoms with Gasteiger partial charge in [0, 0.05) is 24.6 Å². The molecule has 2 aliphatic carbocycles. The van der Waals surface area contributed by atoms with Crippen molar-refractivity contribution >= 4 is 0 Å². The molecule has 0 spiro atoms. The van der Waals surface area contributed by atoms with Crippen LogP contribution < -0.4 is 5.32 Å². The first kappa shape index (κ1) is 11.4. The molecule has 15 heavy (non-hydrogen) atoms. The molecular formula is C13H25NO. The number of hydrogen-bond acceptors (Lipinski definition) is 2. The number of nitrogens with one attached hydrogen (secondary N) is 1. The lowest BCUT2D eigenvalue weighted by Gasteiger charge is -2.36. The van der Waals surface area contributed by atoms with Crippen molar-refractivity contribution in [3.8, 4) is 0 Å². The van der Waals surface area contributed by atoms with Gasteiger partial charge in [-0.1, -0.05) is 20.3 Å². The van der Waals surface area contributed by atoms with Gasteiger partial charge in [-0.05, 0) is 37.5 Å². The fourth-order valence-corrected chi connectivity index (χ4v) is 2.80. The molecule has 2 N–H and O–H groups in total. The summed E-state index contributed by atoms with van der Waals surface area (Å²) in [4.78, 5) is 0. The lowest BCUT2D eigenvalue weighted by atomic mass is 9.75. The van der Waals surface area contributed by atoms with Gasteiger partial charge >= 0.3 is 0 Å². The minimum atomic E-state index is 0.265. The van der Waals surface area contributed by atoms with Crippen LogP contribution >= 0.6 is 0 Å². The third kappa shape index (κ3) is 2.94. The molecule has 2 heteroatoms. The van der Waals surface area contributed by atoms with E-state index in [1.807, 2.05) is 0 Å². The Balaban J connectivity index is 1.75. The van der Waals surface area contributed by atoms with E-state index in [0.717, 1.165) is 6.54 Å². The van der Waals surface area contributed by atoms with Crippen LogP contribution in [0.2, 0.25) is 0 Å². The third-order valence-electron chi connectivity index (χ3n) is 4.26. The van der Waals surface area contributed by atoms with Crippen LogP contribution in [0.1, 0.15) is 52.4 Å². The molecule has 2 rings (SSSR count). The number of hydrogen-bond donors (Lipinski definition) is 2. The lowest BCUT2D eigenvalue weighted by Crippen LogP contribution is -2.40. The van der Waals surface area contributed by atoms with E-state index >= 15 is 0 Å². The first-order valence-electron chi connectivity index (χ1n) is 6.40. The highest BCUT2D eigenvalue weighted by atomic mass is 16.3. The lowest BCUT2D eigenvalue weighted by molar-refractivity contribution is 0.171. The van der Waals surface area contributed by atoms with Crippen molar-refractivity contribution in [3.63, 3.8) is 0 Å². The average Bonchev–Trinajstić information content (AvgIpc) is 2.94. The van der Waals surface area contributed by atoms with Crippen LogP contribution in [-0.4, -0.2) is 24.3 Å². The second-order valence-corrected chi connectivity index (χ2v) is 6.50. The summed E-state index contributed by atoms with van der Waals surface area (Å²) in [5, 5.41) is 12.9. The molecule has 1 atom stereocenters. The first-order valence-corrected chi connectivity index (χ1v) is 6.40. The molecule has 0 heterocycles. The molecule has 2 aliphatic rings. The quantitative estimate of drug-likeness (QED) is 0.748. The Labute approximate surface area is 93.5 Å². The fraction of sp³-hybridized carbons (Fsp3) is 1.00. The highest BCUT2D eigenvalue weighted by Crippen LogP contribution is 2.45. The van der Waals surface area contributed by atoms with Crippen LogP contribution in [0.25, 0.3) is 0 Å². The van der Waals surface area contributed by atoms with Crippen molar-refractivity contribution in [1.82, 2.24) is 5.32 Å². The maximum Gasteiger partial charge on any atom is 0.0499 e. The second kappa shape index (κ2) is 4.06. The van der Waals surface area contributed by atoms with Crippen molar-refractivity contribution in [2.75, 3.05) is 13.2 Å². The number of aliphatic hydroxyl groups excluding tert-OH is 1. The van der Waals surface area contributed by atoms with E-state index in [4.69, 9.17) is 0 Å². The summed E-state index contributed by atoms with van der Waals surface area (Å²) in [5.41, 5.74) is 0.785. The van der Waals surface area contributed by atoms with Crippen molar-refractivity contribution in [3.05, 3.63) is 0 Å². The zero-order valence-electron chi connectivity index (χ0n) is 10.2. The largest absolute Gasteiger partial charge is 0.396 e. The second-order valence-electron chi connectivity index (χ2n) is 6.50. The SMILES string of the molecule is CC1(C)CCCC(NCC2(CO)CC2)C1. The normalized spacial score (nSPS) is 32.6. The molecule has 88 valence electrons. The van der Waals surface area contributed by atoms with E-state index in [1.165, 1.54) is 38.5 Å². The van der Waals surface area contributed by atoms with Gasteiger partial charge in [-0.25, -0.2) is 0 Å². The topological polar surface area (TPSA) is 32.3 Å². The summed E-state index contributed by atoms with van der Waals surface area (Å²) in [7, 11) is 0. The van der Waals surface area contributed by atoms with Crippen LogP contribution in [0.3, 0.4) is 0 Å². The first-order chi connectivity index (χ1) is 7.05. The molecule has 0 aromatic heterocycles. The Kier molecular flexibility index (Phi) is 3.09. The Morgan fingerprint density at radius 2 is 2.00 bits per heavy atom. The van der Waals surface area contributed by atoms with Gasteiger partial charge in [0.1, 0.15) is 0 Å². The Morgan fingerprint density at radius 3 is 2.53 bits per heavy atom. The predicted octanol–water partition coefficient (Wildman–Crippen LogP) is 2.32. The third-order valence-corrected chi connectivity index (χ3v) is 4.26. The van der Waals surface area contributed by atoms with Gasteiger partial charge in [0.05, 0.1) is 0 Å². The Bertz CT molecular complexity index is 221. The smallest absolute Gasteiger partial charge is 0.0499 e. The van der Waals surface area contributed by atoms with Crippen molar-refractivity contribution < 1.29 is 5.11 Å². The average molecular weight is 211 g/mol. The van der Waals surface area contributed by atoms with Crippen molar-refractivity contribution in [1.29, 1.82) is 0 Å². The van der Waals surface area contributed by atoms with Gasteiger partial charge in [0.15, 0.2) is 0 Å². The predicted molar refractivity (Wildman–Crippen MR) is 62.8 cm³/mol. The van der Waals surface area contributed by atoms with E-state index in [1.54, 1.807) is 0 Å². The van der Waals surface area contributed by atoms with Crippen LogP contribution in [-0.2, 0) is 0 Å². The van der Waals surface area contributed by atoms with E-state index in [0.29, 0.717) is 18.1 Å². The van der Waals surface area contributed by atoms with Gasteiger partial charge in [-0.3, -0.25) is 0 Å². The minimum absolute atomic E-state index is 0.265. The number of rotatable bonds is 4. The minimum Gasteiger partial charge on any atom is -0.396 e. The summed E-state index contributed by atoms with van der Waals surface area (Å²) >= 11 is 0. The molecule has 2 nitrogen and oxygen atoms in total. The summed E-state index contributed by atoms with van der Waals surface area (Å²) in [6.07, 6.45) is 7.78. The highest BCUT2D eigenvalue weighted by Gasteiger charge is 2.42. The van der Waals surface area contributed by atoms with Crippen LogP contribution in [0.4, 0.5) is 0 Å². The van der Waals surface area contributed by atoms with Gasteiger partial charge in [-0.15, -0.1) is 0 Å². The molecule has 1 unspecified atom stereocenters. The molecule has 0 saturated heterocycles. The van der Waals surface area contributed by atoms with E-state index < -0.39 is 0 Å². The van der Waals surface area contributed by atoms with E-state index in [-0.39, 0.29) is 5.41 Å². The standard InChI is InChI=1S/C13H25NO/c1-12(2)5-3-4-11(8-12)14-9-13(10-15)6-7-13/h11,14-15H,3-10H2,1-2H3. The number of aliphatic hydroxyl groups is 1. The monoisotopic (exact) mass is 211 g/mol. The van der Waals surface area contributed by atoms with Gasteiger partial charge in [-0.2, -0.15) is 0 Å². The summed E-state index contributed by atoms with van der Waals surface area (Å²) in [5.74, 6) is 0. The highest BCUT2D eigenvalue weighted by molar-refractivity contribution is 4.95. The molecule has 0 radical (unpaired) electrons. The Hall–Kier alpha value is -0.0800. The maximum atomic E-state index is 9.25. The van der Waals surface area contributed by atoms with Crippen LogP contribution in [0, 0.1) is 10.8 Å². The summed E-state index contributed by atoms with van der Waals surface area (Å²) in [6.45, 7) is 6.15. The van der Waals surface area contributed by atoms with Gasteiger partial charge in [0.2, 0.25) is 0 Å². The zero-order chi connectivity index (χ0) is 10.9. The van der Waals surface area contributed by atoms with Crippen LogP contribution in [0.5, 0.6) is 0 Å². The van der Waals surface area contributed by atoms with Crippen LogP contribution in [0.15, 0.2) is 0 Å². The van der Waals surface area contributed by atoms with Gasteiger partial charge < -0.3 is 10.4 Å². The zero-order valence-corrected chi connectivity index (χ0v) is 10.2. The molecular weight excluding hydrogens is 186 g/mol. The molecule has 0 aliphatic heterocycles. The molecule has 0 aromatic carbocycles. The van der Waals surface area contributed by atoms with E-state index in [9.17, 15) is 5.11 Å².